The van der Waals surface area contributed by atoms with Crippen molar-refractivity contribution in [1.82, 2.24) is 5.32 Å². The minimum absolute atomic E-state index is 0. The molecule has 0 spiro atoms. The maximum absolute atomic E-state index is 9.66. The van der Waals surface area contributed by atoms with E-state index in [2.05, 4.69) is 19.2 Å². The number of rotatable bonds is 6. The van der Waals surface area contributed by atoms with Crippen molar-refractivity contribution in [3.05, 3.63) is 29.8 Å². The van der Waals surface area contributed by atoms with Crippen LogP contribution in [0.1, 0.15) is 19.4 Å². The Morgan fingerprint density at radius 2 is 1.94 bits per heavy atom. The quantitative estimate of drug-likeness (QED) is 0.823. The number of ether oxygens (including phenoxy) is 1. The molecule has 1 unspecified atom stereocenters. The number of hydrogen-bond donors (Lipinski definition) is 2. The van der Waals surface area contributed by atoms with Crippen LogP contribution >= 0.6 is 12.4 Å². The topological polar surface area (TPSA) is 41.5 Å². The highest BCUT2D eigenvalue weighted by Crippen LogP contribution is 2.16. The Morgan fingerprint density at radius 1 is 1.29 bits per heavy atom. The summed E-state index contributed by atoms with van der Waals surface area (Å²) in [6, 6.07) is 8.19. The van der Waals surface area contributed by atoms with E-state index in [1.807, 2.05) is 31.2 Å². The van der Waals surface area contributed by atoms with Gasteiger partial charge in [-0.05, 0) is 18.6 Å². The van der Waals surface area contributed by atoms with Crippen LogP contribution in [-0.2, 0) is 0 Å². The molecule has 2 N–H and O–H groups in total. The van der Waals surface area contributed by atoms with Gasteiger partial charge in [-0.15, -0.1) is 12.4 Å². The van der Waals surface area contributed by atoms with E-state index in [1.54, 1.807) is 0 Å². The van der Waals surface area contributed by atoms with Crippen LogP contribution < -0.4 is 10.1 Å². The number of aliphatic hydroxyl groups excluding tert-OH is 1. The van der Waals surface area contributed by atoms with Crippen LogP contribution in [0.5, 0.6) is 5.75 Å². The second-order valence-electron chi connectivity index (χ2n) is 4.29. The molecule has 0 saturated heterocycles. The zero-order valence-corrected chi connectivity index (χ0v) is 11.5. The minimum Gasteiger partial charge on any atom is -0.491 e. The fourth-order valence-electron chi connectivity index (χ4n) is 1.34. The molecule has 0 saturated carbocycles. The van der Waals surface area contributed by atoms with Crippen molar-refractivity contribution < 1.29 is 9.84 Å². The van der Waals surface area contributed by atoms with Crippen molar-refractivity contribution in [3.8, 4) is 5.75 Å². The van der Waals surface area contributed by atoms with E-state index >= 15 is 0 Å². The second-order valence-corrected chi connectivity index (χ2v) is 4.29. The Bertz CT molecular complexity index is 318. The lowest BCUT2D eigenvalue weighted by molar-refractivity contribution is 0.104. The molecule has 1 aromatic carbocycles. The van der Waals surface area contributed by atoms with Crippen molar-refractivity contribution >= 4 is 12.4 Å². The third-order valence-corrected chi connectivity index (χ3v) is 2.29. The number of halogens is 1. The lowest BCUT2D eigenvalue weighted by atomic mass is 10.2. The molecule has 1 aromatic rings. The molecule has 0 fully saturated rings. The van der Waals surface area contributed by atoms with Crippen LogP contribution in [0.15, 0.2) is 24.3 Å². The number of aryl methyl sites for hydroxylation is 1. The third-order valence-electron chi connectivity index (χ3n) is 2.29. The van der Waals surface area contributed by atoms with Crippen LogP contribution in [0.25, 0.3) is 0 Å². The first kappa shape index (κ1) is 16.2. The lowest BCUT2D eigenvalue weighted by Crippen LogP contribution is -2.35. The molecule has 1 rings (SSSR count). The molecule has 0 aliphatic heterocycles. The summed E-state index contributed by atoms with van der Waals surface area (Å²) in [7, 11) is 0. The molecule has 3 nitrogen and oxygen atoms in total. The van der Waals surface area contributed by atoms with Gasteiger partial charge in [-0.2, -0.15) is 0 Å². The lowest BCUT2D eigenvalue weighted by Gasteiger charge is -2.15. The van der Waals surface area contributed by atoms with Gasteiger partial charge in [-0.25, -0.2) is 0 Å². The monoisotopic (exact) mass is 259 g/mol. The molecule has 17 heavy (non-hydrogen) atoms. The number of hydrogen-bond acceptors (Lipinski definition) is 3. The van der Waals surface area contributed by atoms with E-state index in [1.165, 1.54) is 0 Å². The summed E-state index contributed by atoms with van der Waals surface area (Å²) in [6.07, 6.45) is -0.470. The molecule has 0 aliphatic rings. The zero-order chi connectivity index (χ0) is 12.0. The second kappa shape index (κ2) is 8.34. The third kappa shape index (κ3) is 6.51. The number of benzene rings is 1. The van der Waals surface area contributed by atoms with Gasteiger partial charge in [0.15, 0.2) is 0 Å². The summed E-state index contributed by atoms with van der Waals surface area (Å²) in [5.74, 6) is 0.839. The molecular weight excluding hydrogens is 238 g/mol. The number of aliphatic hydroxyl groups is 1. The van der Waals surface area contributed by atoms with Crippen LogP contribution in [0.3, 0.4) is 0 Å². The Morgan fingerprint density at radius 3 is 2.53 bits per heavy atom. The van der Waals surface area contributed by atoms with Gasteiger partial charge in [0.2, 0.25) is 0 Å². The number of nitrogens with one attached hydrogen (secondary N) is 1. The van der Waals surface area contributed by atoms with Gasteiger partial charge in [0.05, 0.1) is 0 Å². The average molecular weight is 260 g/mol. The van der Waals surface area contributed by atoms with Crippen LogP contribution in [0.4, 0.5) is 0 Å². The van der Waals surface area contributed by atoms with E-state index in [4.69, 9.17) is 4.74 Å². The number of para-hydroxylation sites is 1. The Balaban J connectivity index is 0.00000256. The van der Waals surface area contributed by atoms with Gasteiger partial charge in [-0.3, -0.25) is 0 Å². The summed E-state index contributed by atoms with van der Waals surface area (Å²) in [6.45, 7) is 6.98. The molecule has 0 aromatic heterocycles. The highest BCUT2D eigenvalue weighted by molar-refractivity contribution is 5.85. The summed E-state index contributed by atoms with van der Waals surface area (Å²) >= 11 is 0. The van der Waals surface area contributed by atoms with Crippen molar-refractivity contribution in [2.24, 2.45) is 0 Å². The van der Waals surface area contributed by atoms with Gasteiger partial charge >= 0.3 is 0 Å². The van der Waals surface area contributed by atoms with E-state index < -0.39 is 6.10 Å². The van der Waals surface area contributed by atoms with Gasteiger partial charge in [0.1, 0.15) is 18.5 Å². The summed E-state index contributed by atoms with van der Waals surface area (Å²) < 4.78 is 5.54. The Kier molecular flexibility index (Phi) is 7.96. The molecule has 98 valence electrons. The first-order chi connectivity index (χ1) is 7.59. The van der Waals surface area contributed by atoms with Gasteiger partial charge in [0, 0.05) is 12.6 Å². The van der Waals surface area contributed by atoms with E-state index in [0.29, 0.717) is 19.2 Å². The molecule has 0 aliphatic carbocycles. The first-order valence-electron chi connectivity index (χ1n) is 5.69. The molecule has 4 heteroatoms. The summed E-state index contributed by atoms with van der Waals surface area (Å²) in [5.41, 5.74) is 1.09. The molecule has 0 bridgehead atoms. The minimum atomic E-state index is -0.470. The van der Waals surface area contributed by atoms with Crippen LogP contribution in [0, 0.1) is 6.92 Å². The van der Waals surface area contributed by atoms with Gasteiger partial charge in [0.25, 0.3) is 0 Å². The molecular formula is C13H22ClNO2. The predicted molar refractivity (Wildman–Crippen MR) is 73.1 cm³/mol. The molecule has 1 atom stereocenters. The fraction of sp³-hybridized carbons (Fsp3) is 0.538. The van der Waals surface area contributed by atoms with Gasteiger partial charge < -0.3 is 15.2 Å². The summed E-state index contributed by atoms with van der Waals surface area (Å²) in [5, 5.41) is 12.8. The van der Waals surface area contributed by atoms with E-state index in [9.17, 15) is 5.11 Å². The summed E-state index contributed by atoms with van der Waals surface area (Å²) in [4.78, 5) is 0. The normalized spacial score (nSPS) is 12.1. The smallest absolute Gasteiger partial charge is 0.122 e. The maximum Gasteiger partial charge on any atom is 0.122 e. The van der Waals surface area contributed by atoms with E-state index in [0.717, 1.165) is 11.3 Å². The first-order valence-corrected chi connectivity index (χ1v) is 5.69. The fourth-order valence-corrected chi connectivity index (χ4v) is 1.34. The maximum atomic E-state index is 9.66. The Hall–Kier alpha value is -0.770. The largest absolute Gasteiger partial charge is 0.491 e. The highest BCUT2D eigenvalue weighted by atomic mass is 35.5. The predicted octanol–water partition coefficient (Wildman–Crippen LogP) is 2.15. The molecule has 0 heterocycles. The molecule has 0 radical (unpaired) electrons. The molecule has 0 amide bonds. The zero-order valence-electron chi connectivity index (χ0n) is 10.6. The average Bonchev–Trinajstić information content (AvgIpc) is 2.25. The Labute approximate surface area is 110 Å². The van der Waals surface area contributed by atoms with Crippen LogP contribution in [-0.4, -0.2) is 30.4 Å². The van der Waals surface area contributed by atoms with Gasteiger partial charge in [-0.1, -0.05) is 32.0 Å². The highest BCUT2D eigenvalue weighted by Gasteiger charge is 2.06. The van der Waals surface area contributed by atoms with Crippen molar-refractivity contribution in [3.63, 3.8) is 0 Å². The standard InChI is InChI=1S/C13H21NO2.ClH/c1-10(2)14-8-12(15)9-16-13-7-5-4-6-11(13)3;/h4-7,10,12,14-15H,8-9H2,1-3H3;1H. The van der Waals surface area contributed by atoms with Crippen molar-refractivity contribution in [2.45, 2.75) is 32.9 Å². The van der Waals surface area contributed by atoms with Crippen molar-refractivity contribution in [2.75, 3.05) is 13.2 Å². The van der Waals surface area contributed by atoms with Crippen LogP contribution in [0.2, 0.25) is 0 Å². The van der Waals surface area contributed by atoms with E-state index in [-0.39, 0.29) is 12.4 Å². The SMILES string of the molecule is Cc1ccccc1OCC(O)CNC(C)C.Cl. The van der Waals surface area contributed by atoms with Crippen molar-refractivity contribution in [1.29, 1.82) is 0 Å².